The van der Waals surface area contributed by atoms with Crippen LogP contribution in [0.25, 0.3) is 0 Å². The largest absolute Gasteiger partial charge is 0.510 e. The van der Waals surface area contributed by atoms with Crippen molar-refractivity contribution in [3.05, 3.63) is 39.9 Å². The summed E-state index contributed by atoms with van der Waals surface area (Å²) in [6.07, 6.45) is -1.11. The molecule has 0 saturated carbocycles. The van der Waals surface area contributed by atoms with Crippen molar-refractivity contribution < 1.29 is 38.4 Å². The van der Waals surface area contributed by atoms with Crippen LogP contribution in [0, 0.1) is 10.1 Å². The lowest BCUT2D eigenvalue weighted by Crippen LogP contribution is -2.62. The van der Waals surface area contributed by atoms with Crippen molar-refractivity contribution in [3.63, 3.8) is 0 Å². The molecule has 2 aliphatic heterocycles. The molecule has 1 aromatic carbocycles. The fourth-order valence-electron chi connectivity index (χ4n) is 3.72. The molecule has 35 heavy (non-hydrogen) atoms. The van der Waals surface area contributed by atoms with E-state index in [1.807, 2.05) is 6.92 Å². The van der Waals surface area contributed by atoms with E-state index in [2.05, 4.69) is 5.32 Å². The maximum Gasteiger partial charge on any atom is 0.510 e. The van der Waals surface area contributed by atoms with Crippen LogP contribution in [0.3, 0.4) is 0 Å². The van der Waals surface area contributed by atoms with Crippen LogP contribution >= 0.6 is 0 Å². The first-order chi connectivity index (χ1) is 16.5. The van der Waals surface area contributed by atoms with Gasteiger partial charge in [0.25, 0.3) is 5.69 Å². The predicted octanol–water partition coefficient (Wildman–Crippen LogP) is -0.388. The molecule has 0 spiro atoms. The molecule has 1 aromatic rings. The summed E-state index contributed by atoms with van der Waals surface area (Å²) in [5, 5.41) is 12.9. The van der Waals surface area contributed by atoms with Crippen molar-refractivity contribution >= 4 is 35.5 Å². The Morgan fingerprint density at radius 1 is 0.943 bits per heavy atom. The molecule has 2 aliphatic rings. The third-order valence-corrected chi connectivity index (χ3v) is 5.92. The van der Waals surface area contributed by atoms with Crippen LogP contribution in [0.2, 0.25) is 0 Å². The Balaban J connectivity index is 1.47. The molecule has 2 unspecified atom stereocenters. The van der Waals surface area contributed by atoms with Crippen molar-refractivity contribution in [1.29, 1.82) is 0 Å². The van der Waals surface area contributed by atoms with Crippen LogP contribution in [-0.4, -0.2) is 94.4 Å². The van der Waals surface area contributed by atoms with Crippen LogP contribution in [0.1, 0.15) is 19.4 Å². The first-order valence-corrected chi connectivity index (χ1v) is 10.7. The molecule has 188 valence electrons. The number of carbonyl (C=O) groups excluding carboxylic acids is 5. The minimum Gasteiger partial charge on any atom is -0.429 e. The van der Waals surface area contributed by atoms with Gasteiger partial charge < -0.3 is 9.47 Å². The highest BCUT2D eigenvalue weighted by Gasteiger charge is 2.38. The zero-order valence-corrected chi connectivity index (χ0v) is 19.2. The minimum absolute atomic E-state index is 0.0366. The molecule has 4 amide bonds. The minimum atomic E-state index is -1.11. The number of nitro groups is 1. The number of benzene rings is 1. The number of carbonyl (C=O) groups is 5. The smallest absolute Gasteiger partial charge is 0.429 e. The van der Waals surface area contributed by atoms with Crippen LogP contribution in [0.4, 0.5) is 10.5 Å². The summed E-state index contributed by atoms with van der Waals surface area (Å²) in [6.45, 7) is 2.61. The van der Waals surface area contributed by atoms with Gasteiger partial charge in [-0.1, -0.05) is 0 Å². The summed E-state index contributed by atoms with van der Waals surface area (Å²) in [4.78, 5) is 74.5. The van der Waals surface area contributed by atoms with Crippen LogP contribution in [0.5, 0.6) is 0 Å². The Morgan fingerprint density at radius 3 is 1.97 bits per heavy atom. The van der Waals surface area contributed by atoms with E-state index in [1.54, 1.807) is 16.7 Å². The zero-order valence-electron chi connectivity index (χ0n) is 19.2. The summed E-state index contributed by atoms with van der Waals surface area (Å²) >= 11 is 0. The Labute approximate surface area is 199 Å². The van der Waals surface area contributed by atoms with Gasteiger partial charge in [-0.25, -0.2) is 9.69 Å². The number of imide groups is 2. The SMILES string of the molecule is CC(C(C)N1CC(=O)N(COC(=O)OCc2ccc([N+](=O)[O-])cc2)C(=O)C1)N1CC(=O)NC(=O)C1. The highest BCUT2D eigenvalue weighted by Crippen LogP contribution is 2.17. The topological polar surface area (TPSA) is 169 Å². The van der Waals surface area contributed by atoms with Gasteiger partial charge in [0, 0.05) is 24.2 Å². The zero-order chi connectivity index (χ0) is 25.7. The van der Waals surface area contributed by atoms with Gasteiger partial charge in [0.15, 0.2) is 6.73 Å². The number of piperazine rings is 2. The average molecular weight is 491 g/mol. The van der Waals surface area contributed by atoms with Crippen LogP contribution < -0.4 is 5.32 Å². The molecule has 2 heterocycles. The molecule has 0 radical (unpaired) electrons. The number of nitrogens with one attached hydrogen (secondary N) is 1. The van der Waals surface area contributed by atoms with Gasteiger partial charge in [-0.15, -0.1) is 0 Å². The quantitative estimate of drug-likeness (QED) is 0.217. The molecule has 14 nitrogen and oxygen atoms in total. The Kier molecular flexibility index (Phi) is 8.09. The molecule has 14 heteroatoms. The van der Waals surface area contributed by atoms with Crippen molar-refractivity contribution in [2.45, 2.75) is 32.5 Å². The van der Waals surface area contributed by atoms with E-state index in [4.69, 9.17) is 9.47 Å². The first-order valence-electron chi connectivity index (χ1n) is 10.7. The number of hydrogen-bond donors (Lipinski definition) is 1. The Morgan fingerprint density at radius 2 is 1.46 bits per heavy atom. The maximum absolute atomic E-state index is 12.5. The molecule has 1 N–H and O–H groups in total. The van der Waals surface area contributed by atoms with E-state index >= 15 is 0 Å². The second-order valence-corrected chi connectivity index (χ2v) is 8.21. The molecular weight excluding hydrogens is 466 g/mol. The van der Waals surface area contributed by atoms with Crippen LogP contribution in [-0.2, 0) is 35.3 Å². The lowest BCUT2D eigenvalue weighted by Gasteiger charge is -2.41. The van der Waals surface area contributed by atoms with E-state index < -0.39 is 41.4 Å². The first kappa shape index (κ1) is 25.7. The number of nitro benzene ring substituents is 1. The lowest BCUT2D eigenvalue weighted by atomic mass is 10.1. The van der Waals surface area contributed by atoms with E-state index in [0.29, 0.717) is 5.56 Å². The van der Waals surface area contributed by atoms with Gasteiger partial charge >= 0.3 is 6.16 Å². The fourth-order valence-corrected chi connectivity index (χ4v) is 3.72. The molecule has 0 aromatic heterocycles. The lowest BCUT2D eigenvalue weighted by molar-refractivity contribution is -0.384. The normalized spacial score (nSPS) is 19.2. The molecule has 3 rings (SSSR count). The summed E-state index contributed by atoms with van der Waals surface area (Å²) in [5.74, 6) is -1.96. The van der Waals surface area contributed by atoms with Gasteiger partial charge in [0.05, 0.1) is 31.1 Å². The van der Waals surface area contributed by atoms with Gasteiger partial charge in [-0.05, 0) is 31.5 Å². The molecule has 0 bridgehead atoms. The van der Waals surface area contributed by atoms with Crippen molar-refractivity contribution in [2.75, 3.05) is 32.9 Å². The third kappa shape index (κ3) is 6.58. The summed E-state index contributed by atoms with van der Waals surface area (Å²) in [6, 6.07) is 4.76. The van der Waals surface area contributed by atoms with E-state index in [9.17, 15) is 34.1 Å². The van der Waals surface area contributed by atoms with E-state index in [1.165, 1.54) is 24.3 Å². The van der Waals surface area contributed by atoms with Gasteiger partial charge in [-0.3, -0.25) is 44.4 Å². The monoisotopic (exact) mass is 491 g/mol. The third-order valence-electron chi connectivity index (χ3n) is 5.92. The number of rotatable bonds is 8. The Hall–Kier alpha value is -3.91. The number of non-ortho nitro benzene ring substituents is 1. The average Bonchev–Trinajstić information content (AvgIpc) is 2.80. The number of ether oxygens (including phenoxy) is 2. The molecule has 2 saturated heterocycles. The summed E-state index contributed by atoms with van der Waals surface area (Å²) in [5.41, 5.74) is 0.385. The Bertz CT molecular complexity index is 995. The second-order valence-electron chi connectivity index (χ2n) is 8.21. The van der Waals surface area contributed by atoms with Gasteiger partial charge in [0.1, 0.15) is 6.61 Å². The molecule has 0 aliphatic carbocycles. The van der Waals surface area contributed by atoms with Crippen LogP contribution in [0.15, 0.2) is 24.3 Å². The predicted molar refractivity (Wildman–Crippen MR) is 116 cm³/mol. The number of amides is 4. The maximum atomic E-state index is 12.5. The highest BCUT2D eigenvalue weighted by molar-refractivity contribution is 6.00. The summed E-state index contributed by atoms with van der Waals surface area (Å²) < 4.78 is 9.78. The summed E-state index contributed by atoms with van der Waals surface area (Å²) in [7, 11) is 0. The molecule has 2 atom stereocenters. The number of hydrogen-bond acceptors (Lipinski definition) is 11. The van der Waals surface area contributed by atoms with Crippen molar-refractivity contribution in [3.8, 4) is 0 Å². The second kappa shape index (κ2) is 11.0. The molecule has 2 fully saturated rings. The number of nitrogens with zero attached hydrogens (tertiary/aromatic N) is 4. The van der Waals surface area contributed by atoms with Gasteiger partial charge in [-0.2, -0.15) is 0 Å². The standard InChI is InChI=1S/C21H25N5O9/c1-13(23-7-17(27)22-18(28)8-23)14(2)24-9-19(29)25(20(30)10-24)12-35-21(31)34-11-15-3-5-16(6-4-15)26(32)33/h3-6,13-14H,7-12H2,1-2H3,(H,22,27,28). The molecular formula is C21H25N5O9. The van der Waals surface area contributed by atoms with E-state index in [-0.39, 0.29) is 50.6 Å². The van der Waals surface area contributed by atoms with E-state index in [0.717, 1.165) is 4.90 Å². The van der Waals surface area contributed by atoms with Gasteiger partial charge in [0.2, 0.25) is 23.6 Å². The highest BCUT2D eigenvalue weighted by atomic mass is 16.7. The van der Waals surface area contributed by atoms with Crippen molar-refractivity contribution in [2.24, 2.45) is 0 Å². The van der Waals surface area contributed by atoms with Crippen molar-refractivity contribution in [1.82, 2.24) is 20.0 Å². The fraction of sp³-hybridized carbons (Fsp3) is 0.476.